The van der Waals surface area contributed by atoms with Crippen LogP contribution in [0.4, 0.5) is 0 Å². The first-order chi connectivity index (χ1) is 5.61. The van der Waals surface area contributed by atoms with Crippen molar-refractivity contribution in [3.05, 3.63) is 0 Å². The molecule has 0 saturated carbocycles. The van der Waals surface area contributed by atoms with Gasteiger partial charge in [0, 0.05) is 12.1 Å². The molecule has 0 aliphatic rings. The quantitative estimate of drug-likeness (QED) is 0.647. The molecule has 0 spiro atoms. The minimum absolute atomic E-state index is 0.666. The summed E-state index contributed by atoms with van der Waals surface area (Å²) in [4.78, 5) is 0. The second kappa shape index (κ2) is 6.47. The van der Waals surface area contributed by atoms with Crippen LogP contribution in [-0.2, 0) is 0 Å². The fourth-order valence-corrected chi connectivity index (χ4v) is 1.44. The van der Waals surface area contributed by atoms with E-state index in [-0.39, 0.29) is 0 Å². The number of nitrogens with one attached hydrogen (secondary N) is 1. The molecule has 0 fully saturated rings. The van der Waals surface area contributed by atoms with Gasteiger partial charge in [0.2, 0.25) is 0 Å². The molecule has 0 aliphatic carbocycles. The maximum Gasteiger partial charge on any atom is 0.00668 e. The molecule has 0 bridgehead atoms. The van der Waals surface area contributed by atoms with Crippen molar-refractivity contribution in [1.29, 1.82) is 0 Å². The summed E-state index contributed by atoms with van der Waals surface area (Å²) < 4.78 is 0. The van der Waals surface area contributed by atoms with Crippen LogP contribution in [0, 0.1) is 5.92 Å². The summed E-state index contributed by atoms with van der Waals surface area (Å²) in [5, 5.41) is 3.61. The number of hydrogen-bond acceptors (Lipinski definition) is 1. The van der Waals surface area contributed by atoms with Gasteiger partial charge in [-0.2, -0.15) is 0 Å². The summed E-state index contributed by atoms with van der Waals surface area (Å²) >= 11 is 0. The van der Waals surface area contributed by atoms with Crippen LogP contribution in [0.15, 0.2) is 0 Å². The van der Waals surface area contributed by atoms with Crippen molar-refractivity contribution in [2.45, 2.75) is 66.0 Å². The van der Waals surface area contributed by atoms with E-state index >= 15 is 0 Å². The standard InChI is InChI=1S/C11H25N/c1-6-8-9(3)11(5)12-10(4)7-2/h9-12H,6-8H2,1-5H3. The van der Waals surface area contributed by atoms with E-state index in [9.17, 15) is 0 Å². The van der Waals surface area contributed by atoms with Crippen LogP contribution < -0.4 is 5.32 Å². The Bertz CT molecular complexity index is 101. The van der Waals surface area contributed by atoms with E-state index in [1.165, 1.54) is 19.3 Å². The first-order valence-corrected chi connectivity index (χ1v) is 5.37. The molecular formula is C11H25N. The molecule has 1 nitrogen and oxygen atoms in total. The van der Waals surface area contributed by atoms with Gasteiger partial charge in [0.05, 0.1) is 0 Å². The van der Waals surface area contributed by atoms with E-state index in [1.807, 2.05) is 0 Å². The summed E-state index contributed by atoms with van der Waals surface area (Å²) in [7, 11) is 0. The predicted octanol–water partition coefficient (Wildman–Crippen LogP) is 3.20. The van der Waals surface area contributed by atoms with Gasteiger partial charge in [0.1, 0.15) is 0 Å². The molecule has 74 valence electrons. The molecule has 3 atom stereocenters. The van der Waals surface area contributed by atoms with Gasteiger partial charge in [-0.15, -0.1) is 0 Å². The minimum atomic E-state index is 0.666. The van der Waals surface area contributed by atoms with Crippen molar-refractivity contribution >= 4 is 0 Å². The van der Waals surface area contributed by atoms with Crippen molar-refractivity contribution in [3.63, 3.8) is 0 Å². The molecule has 0 radical (unpaired) electrons. The Hall–Kier alpha value is -0.0400. The maximum absolute atomic E-state index is 3.61. The van der Waals surface area contributed by atoms with E-state index in [0.717, 1.165) is 5.92 Å². The Labute approximate surface area is 77.9 Å². The lowest BCUT2D eigenvalue weighted by Gasteiger charge is -2.24. The molecule has 0 aromatic heterocycles. The van der Waals surface area contributed by atoms with Gasteiger partial charge in [0.15, 0.2) is 0 Å². The topological polar surface area (TPSA) is 12.0 Å². The van der Waals surface area contributed by atoms with Crippen molar-refractivity contribution in [1.82, 2.24) is 5.32 Å². The van der Waals surface area contributed by atoms with Gasteiger partial charge in [-0.05, 0) is 32.6 Å². The minimum Gasteiger partial charge on any atom is -0.312 e. The van der Waals surface area contributed by atoms with Crippen LogP contribution in [0.25, 0.3) is 0 Å². The number of rotatable bonds is 6. The first kappa shape index (κ1) is 12.0. The van der Waals surface area contributed by atoms with Crippen molar-refractivity contribution < 1.29 is 0 Å². The molecule has 0 heterocycles. The third-order valence-corrected chi connectivity index (χ3v) is 2.76. The molecule has 0 amide bonds. The van der Waals surface area contributed by atoms with Crippen LogP contribution in [0.5, 0.6) is 0 Å². The molecule has 0 rings (SSSR count). The maximum atomic E-state index is 3.61. The summed E-state index contributed by atoms with van der Waals surface area (Å²) in [5.74, 6) is 0.809. The Balaban J connectivity index is 3.62. The SMILES string of the molecule is CCCC(C)C(C)NC(C)CC. The highest BCUT2D eigenvalue weighted by molar-refractivity contribution is 4.71. The van der Waals surface area contributed by atoms with Crippen molar-refractivity contribution in [3.8, 4) is 0 Å². The monoisotopic (exact) mass is 171 g/mol. The Morgan fingerprint density at radius 3 is 2.08 bits per heavy atom. The van der Waals surface area contributed by atoms with Crippen molar-refractivity contribution in [2.75, 3.05) is 0 Å². The van der Waals surface area contributed by atoms with Gasteiger partial charge < -0.3 is 5.32 Å². The largest absolute Gasteiger partial charge is 0.312 e. The highest BCUT2D eigenvalue weighted by Crippen LogP contribution is 2.10. The Morgan fingerprint density at radius 2 is 1.67 bits per heavy atom. The molecule has 0 aromatic rings. The average molecular weight is 171 g/mol. The smallest absolute Gasteiger partial charge is 0.00668 e. The summed E-state index contributed by atoms with van der Waals surface area (Å²) in [6.07, 6.45) is 3.86. The lowest BCUT2D eigenvalue weighted by Crippen LogP contribution is -2.38. The van der Waals surface area contributed by atoms with E-state index < -0.39 is 0 Å². The molecule has 12 heavy (non-hydrogen) atoms. The summed E-state index contributed by atoms with van der Waals surface area (Å²) in [5.41, 5.74) is 0. The average Bonchev–Trinajstić information content (AvgIpc) is 2.04. The van der Waals surface area contributed by atoms with Crippen LogP contribution in [0.2, 0.25) is 0 Å². The second-order valence-electron chi connectivity index (χ2n) is 4.03. The van der Waals surface area contributed by atoms with E-state index in [0.29, 0.717) is 12.1 Å². The highest BCUT2D eigenvalue weighted by atomic mass is 14.9. The van der Waals surface area contributed by atoms with Gasteiger partial charge in [-0.25, -0.2) is 0 Å². The van der Waals surface area contributed by atoms with Gasteiger partial charge in [0.25, 0.3) is 0 Å². The zero-order valence-electron chi connectivity index (χ0n) is 9.35. The Morgan fingerprint density at radius 1 is 1.08 bits per heavy atom. The van der Waals surface area contributed by atoms with Crippen LogP contribution in [0.1, 0.15) is 53.9 Å². The zero-order chi connectivity index (χ0) is 9.56. The summed E-state index contributed by atoms with van der Waals surface area (Å²) in [6, 6.07) is 1.33. The van der Waals surface area contributed by atoms with E-state index in [2.05, 4.69) is 39.9 Å². The Kier molecular flexibility index (Phi) is 6.45. The van der Waals surface area contributed by atoms with Crippen LogP contribution in [-0.4, -0.2) is 12.1 Å². The lowest BCUT2D eigenvalue weighted by molar-refractivity contribution is 0.342. The molecule has 0 aliphatic heterocycles. The van der Waals surface area contributed by atoms with E-state index in [1.54, 1.807) is 0 Å². The first-order valence-electron chi connectivity index (χ1n) is 5.37. The molecule has 3 unspecified atom stereocenters. The molecule has 0 saturated heterocycles. The van der Waals surface area contributed by atoms with E-state index in [4.69, 9.17) is 0 Å². The molecule has 1 N–H and O–H groups in total. The summed E-state index contributed by atoms with van der Waals surface area (Å²) in [6.45, 7) is 11.4. The zero-order valence-corrected chi connectivity index (χ0v) is 9.35. The normalized spacial score (nSPS) is 18.8. The predicted molar refractivity (Wildman–Crippen MR) is 56.4 cm³/mol. The fraction of sp³-hybridized carbons (Fsp3) is 1.00. The highest BCUT2D eigenvalue weighted by Gasteiger charge is 2.12. The van der Waals surface area contributed by atoms with Gasteiger partial charge in [-0.1, -0.05) is 27.2 Å². The van der Waals surface area contributed by atoms with Gasteiger partial charge >= 0.3 is 0 Å². The van der Waals surface area contributed by atoms with Crippen LogP contribution in [0.3, 0.4) is 0 Å². The fourth-order valence-electron chi connectivity index (χ4n) is 1.44. The lowest BCUT2D eigenvalue weighted by atomic mass is 9.97. The molecule has 1 heteroatoms. The van der Waals surface area contributed by atoms with Gasteiger partial charge in [-0.3, -0.25) is 0 Å². The van der Waals surface area contributed by atoms with Crippen molar-refractivity contribution in [2.24, 2.45) is 5.92 Å². The molecule has 0 aromatic carbocycles. The third kappa shape index (κ3) is 4.76. The molecular weight excluding hydrogens is 146 g/mol. The van der Waals surface area contributed by atoms with Crippen LogP contribution >= 0.6 is 0 Å². The third-order valence-electron chi connectivity index (χ3n) is 2.76. The second-order valence-corrected chi connectivity index (χ2v) is 4.03. The number of hydrogen-bond donors (Lipinski definition) is 1.